The summed E-state index contributed by atoms with van der Waals surface area (Å²) in [5.74, 6) is -5.69. The minimum Gasteiger partial charge on any atom is -0.505 e. The fourth-order valence-electron chi connectivity index (χ4n) is 10.7. The van der Waals surface area contributed by atoms with Crippen molar-refractivity contribution in [2.45, 2.75) is 39.1 Å². The number of nitrogens with zero attached hydrogens (tertiary/aromatic N) is 3. The van der Waals surface area contributed by atoms with Gasteiger partial charge in [0.1, 0.15) is 70.5 Å². The molecule has 504 valence electrons. The molecule has 0 radical (unpaired) electrons. The lowest BCUT2D eigenvalue weighted by molar-refractivity contribution is 0.0465. The van der Waals surface area contributed by atoms with Crippen molar-refractivity contribution in [2.75, 3.05) is 28.4 Å². The zero-order valence-corrected chi connectivity index (χ0v) is 54.2. The van der Waals surface area contributed by atoms with Crippen LogP contribution in [0.3, 0.4) is 0 Å². The van der Waals surface area contributed by atoms with Crippen molar-refractivity contribution in [1.29, 1.82) is 0 Å². The average molecular weight is 1350 g/mol. The molecule has 18 nitrogen and oxygen atoms in total. The van der Waals surface area contributed by atoms with Gasteiger partial charge in [-0.3, -0.25) is 15.0 Å². The smallest absolute Gasteiger partial charge is 0.341 e. The number of aromatic nitrogens is 3. The van der Waals surface area contributed by atoms with Crippen LogP contribution in [0.15, 0.2) is 219 Å². The number of carboxylic acids is 1. The minimum absolute atomic E-state index is 0.0166. The lowest BCUT2D eigenvalue weighted by Gasteiger charge is -2.15. The first-order chi connectivity index (χ1) is 48.4. The van der Waals surface area contributed by atoms with Gasteiger partial charge >= 0.3 is 35.8 Å². The number of fused-ring (bicyclic) bond motifs is 3. The van der Waals surface area contributed by atoms with Gasteiger partial charge in [0.05, 0.1) is 45.1 Å². The van der Waals surface area contributed by atoms with Crippen LogP contribution < -0.4 is 9.47 Å². The number of carbonyl (C=O) groups excluding carboxylic acids is 5. The Balaban J connectivity index is 0.000000162. The van der Waals surface area contributed by atoms with E-state index in [4.69, 9.17) is 33.2 Å². The van der Waals surface area contributed by atoms with Crippen LogP contribution in [0, 0.1) is 17.5 Å². The second-order valence-electron chi connectivity index (χ2n) is 22.4. The molecule has 0 atom stereocenters. The van der Waals surface area contributed by atoms with Crippen LogP contribution in [0.25, 0.3) is 32.7 Å². The number of carbonyl (C=O) groups is 6. The number of phenolic OH excluding ortho intramolecular Hbond substituents is 1. The van der Waals surface area contributed by atoms with Gasteiger partial charge in [0.2, 0.25) is 0 Å². The van der Waals surface area contributed by atoms with Crippen molar-refractivity contribution < 1.29 is 85.3 Å². The SMILES string of the molecule is COC(=O)c1cc(C(=O)O)c2cc(Cc3ccc(F)cc3)cnc2c1OCc1ccccc1.COC(=O)c1cc(C(=O)OCc2ccccc2)c2cc(Cc3ccc(F)cc3)cnc2c1O.COC(=O)c1cc(C(=O)OCc2ccccc2)c2cc(Cc3ccc(F)cc3)cnc2c1OC. The maximum absolute atomic E-state index is 13.3. The molecule has 2 N–H and O–H groups in total. The van der Waals surface area contributed by atoms with Gasteiger partial charge in [-0.25, -0.2) is 41.9 Å². The maximum atomic E-state index is 13.3. The summed E-state index contributed by atoms with van der Waals surface area (Å²) in [7, 11) is 5.06. The molecule has 0 saturated heterocycles. The molecule has 0 spiro atoms. The molecule has 9 aromatic carbocycles. The second kappa shape index (κ2) is 32.8. The zero-order valence-electron chi connectivity index (χ0n) is 54.2. The lowest BCUT2D eigenvalue weighted by atomic mass is 9.99. The molecule has 21 heteroatoms. The number of methoxy groups -OCH3 is 4. The summed E-state index contributed by atoms with van der Waals surface area (Å²) in [6, 6.07) is 55.2. The molecular weight excluding hydrogens is 1290 g/mol. The van der Waals surface area contributed by atoms with Gasteiger partial charge in [-0.05, 0) is 142 Å². The molecule has 100 heavy (non-hydrogen) atoms. The molecule has 0 aliphatic heterocycles. The maximum Gasteiger partial charge on any atom is 0.341 e. The van der Waals surface area contributed by atoms with Gasteiger partial charge < -0.3 is 43.4 Å². The van der Waals surface area contributed by atoms with Crippen LogP contribution in [0.2, 0.25) is 0 Å². The molecule has 0 bridgehead atoms. The Morgan fingerprint density at radius 1 is 0.350 bits per heavy atom. The predicted octanol–water partition coefficient (Wildman–Crippen LogP) is 15.0. The number of aromatic carboxylic acids is 1. The second-order valence-corrected chi connectivity index (χ2v) is 22.4. The Bertz CT molecular complexity index is 4970. The number of ether oxygens (including phenoxy) is 7. The fourth-order valence-corrected chi connectivity index (χ4v) is 10.7. The Morgan fingerprint density at radius 2 is 0.680 bits per heavy atom. The van der Waals surface area contributed by atoms with E-state index in [1.165, 1.54) is 89.2 Å². The Labute approximate surface area is 570 Å². The molecule has 3 heterocycles. The summed E-state index contributed by atoms with van der Waals surface area (Å²) in [5.41, 5.74) is 8.02. The van der Waals surface area contributed by atoms with Gasteiger partial charge in [-0.1, -0.05) is 127 Å². The van der Waals surface area contributed by atoms with Gasteiger partial charge in [-0.15, -0.1) is 0 Å². The summed E-state index contributed by atoms with van der Waals surface area (Å²) in [5, 5.41) is 21.6. The number of hydrogen-bond acceptors (Lipinski definition) is 17. The standard InChI is InChI=1S/C27H22FNO5.2C26H20FNO5/c1-32-25-23(26(30)33-2)14-22(27(31)34-16-18-6-4-3-5-7-18)21-13-19(15-29-24(21)25)12-17-8-10-20(28)11-9-17;1-32-25(30)22-13-21(26(31)33-15-17-5-3-2-4-6-17)20-12-18(14-28-23(20)24(22)29)11-16-7-9-19(27)10-8-16;1-32-26(31)22-13-21(25(29)30)20-12-18(11-16-7-9-19(27)10-8-16)14-28-23(20)24(22)33-15-17-5-3-2-4-6-17/h3-11,13-15H,12,16H2,1-2H3;2-10,12-14,29H,11,15H2,1H3;2-10,12-14H,11,15H2,1H3,(H,29,30). The van der Waals surface area contributed by atoms with E-state index in [2.05, 4.69) is 15.0 Å². The summed E-state index contributed by atoms with van der Waals surface area (Å²) in [6.45, 7) is 0.271. The van der Waals surface area contributed by atoms with Crippen LogP contribution in [0.4, 0.5) is 13.2 Å². The van der Waals surface area contributed by atoms with Crippen LogP contribution in [-0.2, 0) is 62.8 Å². The van der Waals surface area contributed by atoms with E-state index in [0.717, 1.165) is 50.1 Å². The van der Waals surface area contributed by atoms with E-state index in [-0.39, 0.29) is 98.9 Å². The number of halogens is 3. The number of hydrogen-bond donors (Lipinski definition) is 2. The third-order valence-corrected chi connectivity index (χ3v) is 15.7. The molecule has 0 unspecified atom stereocenters. The van der Waals surface area contributed by atoms with E-state index in [1.807, 2.05) is 91.0 Å². The highest BCUT2D eigenvalue weighted by atomic mass is 19.1. The predicted molar refractivity (Wildman–Crippen MR) is 364 cm³/mol. The van der Waals surface area contributed by atoms with Crippen LogP contribution >= 0.6 is 0 Å². The number of aromatic hydroxyl groups is 1. The van der Waals surface area contributed by atoms with Crippen molar-refractivity contribution >= 4 is 68.5 Å². The lowest BCUT2D eigenvalue weighted by Crippen LogP contribution is -2.11. The summed E-state index contributed by atoms with van der Waals surface area (Å²) in [4.78, 5) is 88.4. The van der Waals surface area contributed by atoms with E-state index in [0.29, 0.717) is 40.9 Å². The highest BCUT2D eigenvalue weighted by molar-refractivity contribution is 6.12. The zero-order chi connectivity index (χ0) is 70.8. The quantitative estimate of drug-likeness (QED) is 0.0532. The molecular formula is C79H62F3N3O15. The van der Waals surface area contributed by atoms with Gasteiger partial charge in [0.15, 0.2) is 17.2 Å². The minimum atomic E-state index is -1.21. The molecule has 0 saturated carbocycles. The van der Waals surface area contributed by atoms with E-state index < -0.39 is 35.8 Å². The molecule has 12 aromatic rings. The molecule has 0 aliphatic rings. The third-order valence-electron chi connectivity index (χ3n) is 15.7. The first kappa shape index (κ1) is 70.0. The van der Waals surface area contributed by atoms with Crippen molar-refractivity contribution in [3.63, 3.8) is 0 Å². The number of benzene rings is 9. The number of esters is 5. The Hall–Kier alpha value is -12.8. The highest BCUT2D eigenvalue weighted by Crippen LogP contribution is 2.37. The molecule has 0 amide bonds. The van der Waals surface area contributed by atoms with Crippen molar-refractivity contribution in [3.8, 4) is 17.2 Å². The number of rotatable bonds is 20. The largest absolute Gasteiger partial charge is 0.505 e. The van der Waals surface area contributed by atoms with Gasteiger partial charge in [0, 0.05) is 34.7 Å². The Morgan fingerprint density at radius 3 is 1.07 bits per heavy atom. The summed E-state index contributed by atoms with van der Waals surface area (Å²) >= 11 is 0. The van der Waals surface area contributed by atoms with Crippen molar-refractivity contribution in [3.05, 3.63) is 320 Å². The highest BCUT2D eigenvalue weighted by Gasteiger charge is 2.27. The van der Waals surface area contributed by atoms with Gasteiger partial charge in [0.25, 0.3) is 0 Å². The molecule has 0 fully saturated rings. The fraction of sp³-hybridized carbons (Fsp3) is 0.127. The van der Waals surface area contributed by atoms with Crippen molar-refractivity contribution in [1.82, 2.24) is 15.0 Å². The van der Waals surface area contributed by atoms with E-state index in [1.54, 1.807) is 67.0 Å². The van der Waals surface area contributed by atoms with Crippen LogP contribution in [0.5, 0.6) is 17.2 Å². The van der Waals surface area contributed by atoms with Crippen molar-refractivity contribution in [2.24, 2.45) is 0 Å². The first-order valence-electron chi connectivity index (χ1n) is 30.8. The average Bonchev–Trinajstić information content (AvgIpc) is 0.780. The molecule has 3 aromatic heterocycles. The number of carboxylic acid groups (broad SMARTS) is 1. The summed E-state index contributed by atoms with van der Waals surface area (Å²) in [6.07, 6.45) is 6.10. The molecule has 12 rings (SSSR count). The number of phenols is 1. The van der Waals surface area contributed by atoms with Crippen LogP contribution in [0.1, 0.15) is 112 Å². The first-order valence-corrected chi connectivity index (χ1v) is 30.8. The van der Waals surface area contributed by atoms with Crippen LogP contribution in [-0.4, -0.2) is 89.4 Å². The van der Waals surface area contributed by atoms with Gasteiger partial charge in [-0.2, -0.15) is 0 Å². The topological polar surface area (TPSA) is 246 Å². The van der Waals surface area contributed by atoms with E-state index >= 15 is 0 Å². The normalized spacial score (nSPS) is 10.7. The number of pyridine rings is 3. The third kappa shape index (κ3) is 17.2. The monoisotopic (exact) mass is 1350 g/mol. The Kier molecular flexibility index (Phi) is 23.0. The molecule has 0 aliphatic carbocycles. The van der Waals surface area contributed by atoms with E-state index in [9.17, 15) is 52.2 Å². The summed E-state index contributed by atoms with van der Waals surface area (Å²) < 4.78 is 76.6.